The normalized spacial score (nSPS) is 10.2. The van der Waals surface area contributed by atoms with Gasteiger partial charge in [-0.3, -0.25) is 9.59 Å². The average molecular weight is 312 g/mol. The largest absolute Gasteiger partial charge is 0.407 e. The van der Waals surface area contributed by atoms with Crippen molar-refractivity contribution in [3.8, 4) is 11.8 Å². The molecule has 0 unspecified atom stereocenters. The van der Waals surface area contributed by atoms with Crippen molar-refractivity contribution >= 4 is 35.0 Å². The Balaban J connectivity index is 1.57. The van der Waals surface area contributed by atoms with Crippen molar-refractivity contribution < 1.29 is 19.1 Å². The molecule has 2 rings (SSSR count). The number of carbonyl (C=O) groups excluding carboxylic acids is 2. The molecule has 6 nitrogen and oxygen atoms in total. The minimum absolute atomic E-state index is 0.251. The van der Waals surface area contributed by atoms with Crippen molar-refractivity contribution in [3.63, 3.8) is 0 Å². The van der Waals surface area contributed by atoms with Crippen molar-refractivity contribution in [3.05, 3.63) is 22.9 Å². The van der Waals surface area contributed by atoms with E-state index in [0.717, 1.165) is 0 Å². The van der Waals surface area contributed by atoms with E-state index in [9.17, 15) is 9.59 Å². The third kappa shape index (κ3) is 5.06. The zero-order chi connectivity index (χ0) is 14.2. The SMILES string of the molecule is O=C(CCCCC(=O)Oc1ccsn1)Oc1ccsn1. The topological polar surface area (TPSA) is 78.4 Å². The molecule has 0 amide bonds. The molecule has 0 aromatic carbocycles. The molecular weight excluding hydrogens is 300 g/mol. The second-order valence-electron chi connectivity index (χ2n) is 3.83. The van der Waals surface area contributed by atoms with Gasteiger partial charge in [0.25, 0.3) is 0 Å². The first kappa shape index (κ1) is 14.6. The van der Waals surface area contributed by atoms with Gasteiger partial charge in [-0.05, 0) is 35.9 Å². The number of unbranched alkanes of at least 4 members (excludes halogenated alkanes) is 1. The standard InChI is InChI=1S/C12H12N2O4S2/c15-11(17-9-5-7-19-13-9)3-1-2-4-12(16)18-10-6-8-20-14-10/h5-8H,1-4H2. The highest BCUT2D eigenvalue weighted by Gasteiger charge is 2.09. The van der Waals surface area contributed by atoms with E-state index < -0.39 is 0 Å². The molecule has 20 heavy (non-hydrogen) atoms. The van der Waals surface area contributed by atoms with Crippen LogP contribution in [0.5, 0.6) is 11.8 Å². The Morgan fingerprint density at radius 1 is 0.900 bits per heavy atom. The minimum atomic E-state index is -0.344. The Hall–Kier alpha value is -1.80. The van der Waals surface area contributed by atoms with Crippen LogP contribution in [0, 0.1) is 0 Å². The van der Waals surface area contributed by atoms with Gasteiger partial charge in [0, 0.05) is 35.7 Å². The van der Waals surface area contributed by atoms with Crippen LogP contribution in [-0.4, -0.2) is 20.7 Å². The van der Waals surface area contributed by atoms with Crippen LogP contribution in [0.4, 0.5) is 0 Å². The molecule has 0 fully saturated rings. The monoisotopic (exact) mass is 312 g/mol. The summed E-state index contributed by atoms with van der Waals surface area (Å²) in [4.78, 5) is 22.9. The van der Waals surface area contributed by atoms with Crippen molar-refractivity contribution in [2.24, 2.45) is 0 Å². The van der Waals surface area contributed by atoms with Gasteiger partial charge in [0.05, 0.1) is 0 Å². The molecule has 2 aromatic heterocycles. The molecule has 0 aliphatic heterocycles. The zero-order valence-electron chi connectivity index (χ0n) is 10.5. The van der Waals surface area contributed by atoms with Gasteiger partial charge in [-0.15, -0.1) is 0 Å². The van der Waals surface area contributed by atoms with Crippen LogP contribution in [-0.2, 0) is 9.59 Å². The van der Waals surface area contributed by atoms with Crippen LogP contribution < -0.4 is 9.47 Å². The second kappa shape index (κ2) is 7.71. The molecule has 0 atom stereocenters. The van der Waals surface area contributed by atoms with E-state index in [1.807, 2.05) is 0 Å². The molecule has 0 radical (unpaired) electrons. The van der Waals surface area contributed by atoms with Crippen LogP contribution in [0.25, 0.3) is 0 Å². The van der Waals surface area contributed by atoms with E-state index in [1.54, 1.807) is 22.9 Å². The maximum Gasteiger partial charge on any atom is 0.312 e. The fraction of sp³-hybridized carbons (Fsp3) is 0.333. The summed E-state index contributed by atoms with van der Waals surface area (Å²) in [5, 5.41) is 3.47. The van der Waals surface area contributed by atoms with Crippen LogP contribution in [0.1, 0.15) is 25.7 Å². The first-order valence-electron chi connectivity index (χ1n) is 5.96. The number of esters is 2. The predicted octanol–water partition coefficient (Wildman–Crippen LogP) is 2.67. The maximum atomic E-state index is 11.4. The molecule has 0 N–H and O–H groups in total. The van der Waals surface area contributed by atoms with Crippen molar-refractivity contribution in [2.45, 2.75) is 25.7 Å². The number of carbonyl (C=O) groups is 2. The number of nitrogens with zero attached hydrogens (tertiary/aromatic N) is 2. The first-order valence-corrected chi connectivity index (χ1v) is 7.63. The zero-order valence-corrected chi connectivity index (χ0v) is 12.1. The fourth-order valence-corrected chi connectivity index (χ4v) is 2.26. The van der Waals surface area contributed by atoms with E-state index in [1.165, 1.54) is 23.1 Å². The van der Waals surface area contributed by atoms with E-state index >= 15 is 0 Å². The molecular formula is C12H12N2O4S2. The van der Waals surface area contributed by atoms with Crippen molar-refractivity contribution in [2.75, 3.05) is 0 Å². The molecule has 106 valence electrons. The number of rotatable bonds is 7. The van der Waals surface area contributed by atoms with Crippen LogP contribution in [0.3, 0.4) is 0 Å². The highest BCUT2D eigenvalue weighted by molar-refractivity contribution is 7.03. The summed E-state index contributed by atoms with van der Waals surface area (Å²) in [6, 6.07) is 3.27. The predicted molar refractivity (Wildman–Crippen MR) is 74.0 cm³/mol. The molecule has 2 heterocycles. The van der Waals surface area contributed by atoms with E-state index in [2.05, 4.69) is 8.75 Å². The van der Waals surface area contributed by atoms with Gasteiger partial charge < -0.3 is 9.47 Å². The summed E-state index contributed by atoms with van der Waals surface area (Å²) < 4.78 is 17.7. The lowest BCUT2D eigenvalue weighted by atomic mass is 10.2. The quantitative estimate of drug-likeness (QED) is 0.578. The number of hydrogen-bond donors (Lipinski definition) is 0. The van der Waals surface area contributed by atoms with E-state index in [-0.39, 0.29) is 24.8 Å². The summed E-state index contributed by atoms with van der Waals surface area (Å²) in [6.07, 6.45) is 1.63. The van der Waals surface area contributed by atoms with Crippen LogP contribution in [0.15, 0.2) is 22.9 Å². The first-order chi connectivity index (χ1) is 9.74. The van der Waals surface area contributed by atoms with Gasteiger partial charge in [-0.2, -0.15) is 8.75 Å². The third-order valence-electron chi connectivity index (χ3n) is 2.28. The highest BCUT2D eigenvalue weighted by Crippen LogP contribution is 2.12. The number of hydrogen-bond acceptors (Lipinski definition) is 8. The average Bonchev–Trinajstić information content (AvgIpc) is 3.08. The van der Waals surface area contributed by atoms with Gasteiger partial charge in [0.2, 0.25) is 11.8 Å². The molecule has 0 aliphatic rings. The lowest BCUT2D eigenvalue weighted by Crippen LogP contribution is -2.10. The molecule has 0 bridgehead atoms. The Labute approximate surface area is 123 Å². The Morgan fingerprint density at radius 3 is 1.70 bits per heavy atom. The lowest BCUT2D eigenvalue weighted by molar-refractivity contribution is -0.136. The molecule has 0 aliphatic carbocycles. The summed E-state index contributed by atoms with van der Waals surface area (Å²) in [5.74, 6) is -0.0431. The third-order valence-corrected chi connectivity index (χ3v) is 3.36. The smallest absolute Gasteiger partial charge is 0.312 e. The summed E-state index contributed by atoms with van der Waals surface area (Å²) >= 11 is 2.44. The van der Waals surface area contributed by atoms with Crippen LogP contribution in [0.2, 0.25) is 0 Å². The van der Waals surface area contributed by atoms with Gasteiger partial charge in [-0.25, -0.2) is 0 Å². The van der Waals surface area contributed by atoms with E-state index in [4.69, 9.17) is 9.47 Å². The van der Waals surface area contributed by atoms with Crippen molar-refractivity contribution in [1.29, 1.82) is 0 Å². The fourth-order valence-electron chi connectivity index (χ4n) is 1.38. The van der Waals surface area contributed by atoms with Gasteiger partial charge in [-0.1, -0.05) is 0 Å². The maximum absolute atomic E-state index is 11.4. The van der Waals surface area contributed by atoms with E-state index in [0.29, 0.717) is 24.6 Å². The molecule has 0 saturated carbocycles. The molecule has 0 saturated heterocycles. The summed E-state index contributed by atoms with van der Waals surface area (Å²) in [6.45, 7) is 0. The Kier molecular flexibility index (Phi) is 5.63. The minimum Gasteiger partial charge on any atom is -0.407 e. The molecule has 0 spiro atoms. The summed E-state index contributed by atoms with van der Waals surface area (Å²) in [7, 11) is 0. The Morgan fingerprint density at radius 2 is 1.35 bits per heavy atom. The Bertz CT molecular complexity index is 490. The lowest BCUT2D eigenvalue weighted by Gasteiger charge is -2.01. The molecule has 2 aromatic rings. The highest BCUT2D eigenvalue weighted by atomic mass is 32.1. The van der Waals surface area contributed by atoms with Gasteiger partial charge >= 0.3 is 11.9 Å². The van der Waals surface area contributed by atoms with Crippen LogP contribution >= 0.6 is 23.1 Å². The number of ether oxygens (including phenoxy) is 2. The van der Waals surface area contributed by atoms with Crippen molar-refractivity contribution in [1.82, 2.24) is 8.75 Å². The van der Waals surface area contributed by atoms with Gasteiger partial charge in [0.15, 0.2) is 0 Å². The molecule has 8 heteroatoms. The summed E-state index contributed by atoms with van der Waals surface area (Å²) in [5.41, 5.74) is 0. The number of aromatic nitrogens is 2. The second-order valence-corrected chi connectivity index (χ2v) is 5.16. The van der Waals surface area contributed by atoms with Gasteiger partial charge in [0.1, 0.15) is 0 Å².